The molecule has 1 fully saturated rings. The van der Waals surface area contributed by atoms with Crippen LogP contribution in [0.15, 0.2) is 18.2 Å². The monoisotopic (exact) mass is 346 g/mol. The van der Waals surface area contributed by atoms with Gasteiger partial charge in [0.1, 0.15) is 0 Å². The Balaban J connectivity index is 2.14. The van der Waals surface area contributed by atoms with Crippen molar-refractivity contribution in [3.05, 3.63) is 34.6 Å². The van der Waals surface area contributed by atoms with Crippen LogP contribution in [-0.4, -0.2) is 39.9 Å². The molecule has 1 amide bonds. The van der Waals surface area contributed by atoms with Gasteiger partial charge in [0.25, 0.3) is 5.91 Å². The van der Waals surface area contributed by atoms with Gasteiger partial charge in [-0.15, -0.1) is 0 Å². The molecule has 0 atom stereocenters. The molecule has 7 heteroatoms. The number of thioether (sulfide) groups is 1. The molecule has 0 radical (unpaired) electrons. The molecule has 0 spiro atoms. The number of likely N-dealkylation sites (tertiary alicyclic amines) is 1. The lowest BCUT2D eigenvalue weighted by Crippen LogP contribution is -2.50. The number of nitrogens with two attached hydrogens (primary N) is 1. The third kappa shape index (κ3) is 3.17. The van der Waals surface area contributed by atoms with Gasteiger partial charge in [0.05, 0.1) is 20.3 Å². The number of piperidine rings is 1. The fourth-order valence-corrected chi connectivity index (χ4v) is 3.88. The molecule has 1 saturated heterocycles. The van der Waals surface area contributed by atoms with Crippen molar-refractivity contribution >= 4 is 46.5 Å². The fraction of sp³-hybridized carbons (Fsp3) is 0.429. The summed E-state index contributed by atoms with van der Waals surface area (Å²) in [6, 6.07) is 4.45. The molecule has 1 aliphatic heterocycles. The van der Waals surface area contributed by atoms with E-state index in [1.165, 1.54) is 12.1 Å². The lowest BCUT2D eigenvalue weighted by molar-refractivity contribution is 0.0714. The quantitative estimate of drug-likeness (QED) is 0.854. The summed E-state index contributed by atoms with van der Waals surface area (Å²) in [5, 5.41) is -0.0422. The van der Waals surface area contributed by atoms with E-state index in [0.29, 0.717) is 30.9 Å². The highest BCUT2D eigenvalue weighted by Crippen LogP contribution is 2.35. The van der Waals surface area contributed by atoms with Gasteiger partial charge in [0.15, 0.2) is 5.82 Å². The predicted octanol–water partition coefficient (Wildman–Crippen LogP) is 3.10. The zero-order valence-electron chi connectivity index (χ0n) is 11.6. The van der Waals surface area contributed by atoms with E-state index in [4.69, 9.17) is 29.6 Å². The molecule has 0 saturated carbocycles. The van der Waals surface area contributed by atoms with Crippen molar-refractivity contribution in [2.45, 2.75) is 17.6 Å². The van der Waals surface area contributed by atoms with E-state index in [1.807, 2.05) is 6.26 Å². The number of hydrogen-bond donors (Lipinski definition) is 1. The molecule has 114 valence electrons. The number of nitrogens with zero attached hydrogens (tertiary/aromatic N) is 1. The van der Waals surface area contributed by atoms with E-state index in [0.717, 1.165) is 0 Å². The van der Waals surface area contributed by atoms with E-state index in [2.05, 4.69) is 0 Å². The SMILES string of the molecule is CSC1(C(N)=S)CCN(C(=O)c2cccc(Cl)c2F)CC1. The minimum atomic E-state index is -0.666. The van der Waals surface area contributed by atoms with Gasteiger partial charge in [-0.05, 0) is 31.2 Å². The Labute approximate surface area is 138 Å². The average molecular weight is 347 g/mol. The lowest BCUT2D eigenvalue weighted by atomic mass is 9.95. The second kappa shape index (κ2) is 6.50. The zero-order chi connectivity index (χ0) is 15.6. The molecule has 1 heterocycles. The molecular weight excluding hydrogens is 331 g/mol. The van der Waals surface area contributed by atoms with E-state index >= 15 is 0 Å². The van der Waals surface area contributed by atoms with Crippen molar-refractivity contribution in [2.24, 2.45) is 5.73 Å². The Morgan fingerprint density at radius 3 is 2.62 bits per heavy atom. The highest BCUT2D eigenvalue weighted by atomic mass is 35.5. The van der Waals surface area contributed by atoms with Crippen LogP contribution in [-0.2, 0) is 0 Å². The second-order valence-electron chi connectivity index (χ2n) is 4.96. The number of rotatable bonds is 3. The topological polar surface area (TPSA) is 46.3 Å². The van der Waals surface area contributed by atoms with Gasteiger partial charge in [0, 0.05) is 13.1 Å². The molecule has 2 N–H and O–H groups in total. The minimum absolute atomic E-state index is 0.00877. The maximum Gasteiger partial charge on any atom is 0.256 e. The fourth-order valence-electron chi connectivity index (χ4n) is 2.46. The first kappa shape index (κ1) is 16.5. The van der Waals surface area contributed by atoms with Gasteiger partial charge in [-0.2, -0.15) is 11.8 Å². The van der Waals surface area contributed by atoms with E-state index in [1.54, 1.807) is 22.7 Å². The van der Waals surface area contributed by atoms with Gasteiger partial charge in [-0.3, -0.25) is 4.79 Å². The van der Waals surface area contributed by atoms with Crippen LogP contribution in [0.1, 0.15) is 23.2 Å². The lowest BCUT2D eigenvalue weighted by Gasteiger charge is -2.40. The van der Waals surface area contributed by atoms with Crippen molar-refractivity contribution in [1.82, 2.24) is 4.90 Å². The number of carbonyl (C=O) groups excluding carboxylic acids is 1. The Hall–Kier alpha value is -0.850. The maximum atomic E-state index is 13.9. The highest BCUT2D eigenvalue weighted by molar-refractivity contribution is 8.02. The van der Waals surface area contributed by atoms with Crippen LogP contribution >= 0.6 is 35.6 Å². The molecule has 0 bridgehead atoms. The van der Waals surface area contributed by atoms with Crippen LogP contribution in [0.25, 0.3) is 0 Å². The van der Waals surface area contributed by atoms with Crippen LogP contribution < -0.4 is 5.73 Å². The van der Waals surface area contributed by atoms with E-state index in [-0.39, 0.29) is 21.2 Å². The second-order valence-corrected chi connectivity index (χ2v) is 6.99. The molecule has 2 rings (SSSR count). The van der Waals surface area contributed by atoms with Crippen LogP contribution in [0.3, 0.4) is 0 Å². The Morgan fingerprint density at radius 1 is 1.48 bits per heavy atom. The summed E-state index contributed by atoms with van der Waals surface area (Å²) in [7, 11) is 0. The number of amides is 1. The van der Waals surface area contributed by atoms with Crippen molar-refractivity contribution in [2.75, 3.05) is 19.3 Å². The normalized spacial score (nSPS) is 17.6. The highest BCUT2D eigenvalue weighted by Gasteiger charge is 2.38. The number of hydrogen-bond acceptors (Lipinski definition) is 3. The number of benzene rings is 1. The first-order valence-electron chi connectivity index (χ1n) is 6.49. The largest absolute Gasteiger partial charge is 0.392 e. The minimum Gasteiger partial charge on any atom is -0.392 e. The third-order valence-electron chi connectivity index (χ3n) is 3.88. The summed E-state index contributed by atoms with van der Waals surface area (Å²) >= 11 is 12.5. The smallest absolute Gasteiger partial charge is 0.256 e. The van der Waals surface area contributed by atoms with Crippen molar-refractivity contribution in [3.63, 3.8) is 0 Å². The maximum absolute atomic E-state index is 13.9. The molecule has 3 nitrogen and oxygen atoms in total. The van der Waals surface area contributed by atoms with Gasteiger partial charge < -0.3 is 10.6 Å². The van der Waals surface area contributed by atoms with Gasteiger partial charge >= 0.3 is 0 Å². The summed E-state index contributed by atoms with van der Waals surface area (Å²) < 4.78 is 13.7. The van der Waals surface area contributed by atoms with Crippen molar-refractivity contribution in [3.8, 4) is 0 Å². The molecule has 1 aromatic carbocycles. The molecule has 0 aromatic heterocycles. The molecule has 21 heavy (non-hydrogen) atoms. The molecule has 0 aliphatic carbocycles. The van der Waals surface area contributed by atoms with Crippen LogP contribution in [0, 0.1) is 5.82 Å². The van der Waals surface area contributed by atoms with Crippen LogP contribution in [0.5, 0.6) is 0 Å². The van der Waals surface area contributed by atoms with Crippen LogP contribution in [0.4, 0.5) is 4.39 Å². The van der Waals surface area contributed by atoms with Crippen molar-refractivity contribution < 1.29 is 9.18 Å². The molecule has 1 aromatic rings. The summed E-state index contributed by atoms with van der Waals surface area (Å²) in [5.41, 5.74) is 5.83. The standard InChI is InChI=1S/C14H16ClFN2OS2/c1-21-14(13(17)20)5-7-18(8-6-14)12(19)9-3-2-4-10(15)11(9)16/h2-4H,5-8H2,1H3,(H2,17,20). The summed E-state index contributed by atoms with van der Waals surface area (Å²) in [6.45, 7) is 1.01. The number of thiocarbonyl (C=S) groups is 1. The zero-order valence-corrected chi connectivity index (χ0v) is 14.0. The number of halogens is 2. The number of carbonyl (C=O) groups is 1. The Bertz CT molecular complexity index is 574. The first-order chi connectivity index (χ1) is 9.91. The Morgan fingerprint density at radius 2 is 2.10 bits per heavy atom. The summed E-state index contributed by atoms with van der Waals surface area (Å²) in [4.78, 5) is 14.5. The first-order valence-corrected chi connectivity index (χ1v) is 8.51. The Kier molecular flexibility index (Phi) is 5.11. The van der Waals surface area contributed by atoms with E-state index in [9.17, 15) is 9.18 Å². The van der Waals surface area contributed by atoms with E-state index < -0.39 is 5.82 Å². The van der Waals surface area contributed by atoms with Crippen LogP contribution in [0.2, 0.25) is 5.02 Å². The summed E-state index contributed by atoms with van der Waals surface area (Å²) in [5.74, 6) is -1.01. The summed E-state index contributed by atoms with van der Waals surface area (Å²) in [6.07, 6.45) is 3.32. The third-order valence-corrected chi connectivity index (χ3v) is 6.10. The molecule has 1 aliphatic rings. The van der Waals surface area contributed by atoms with Crippen molar-refractivity contribution in [1.29, 1.82) is 0 Å². The van der Waals surface area contributed by atoms with Gasteiger partial charge in [-0.25, -0.2) is 4.39 Å². The molecular formula is C14H16ClFN2OS2. The average Bonchev–Trinajstić information content (AvgIpc) is 2.49. The molecule has 0 unspecified atom stereocenters. The van der Waals surface area contributed by atoms with Gasteiger partial charge in [0.2, 0.25) is 0 Å². The van der Waals surface area contributed by atoms with Gasteiger partial charge in [-0.1, -0.05) is 29.9 Å². The predicted molar refractivity (Wildman–Crippen MR) is 89.6 cm³/mol.